The second-order valence-corrected chi connectivity index (χ2v) is 8.44. The number of hydrogen-bond donors (Lipinski definition) is 2. The molecule has 1 aromatic rings. The number of fused-ring (bicyclic) bond motifs is 1. The predicted molar refractivity (Wildman–Crippen MR) is 92.0 cm³/mol. The molecule has 2 aliphatic rings. The fraction of sp³-hybridized carbons (Fsp3) is 0.529. The van der Waals surface area contributed by atoms with Crippen molar-refractivity contribution in [3.8, 4) is 5.75 Å². The third-order valence-electron chi connectivity index (χ3n) is 4.77. The number of anilines is 1. The minimum absolute atomic E-state index is 0.0686. The minimum Gasteiger partial charge on any atom is -0.478 e. The Morgan fingerprint density at radius 1 is 1.33 bits per heavy atom. The number of alkyl halides is 2. The summed E-state index contributed by atoms with van der Waals surface area (Å²) in [6.45, 7) is 1.78. The molecule has 7 nitrogen and oxygen atoms in total. The first-order valence-corrected chi connectivity index (χ1v) is 10.2. The maximum Gasteiger partial charge on any atom is 0.265 e. The van der Waals surface area contributed by atoms with Gasteiger partial charge in [0, 0.05) is 18.8 Å². The zero-order chi connectivity index (χ0) is 19.8. The van der Waals surface area contributed by atoms with Crippen LogP contribution in [0.2, 0.25) is 0 Å². The zero-order valence-corrected chi connectivity index (χ0v) is 15.4. The number of carbonyl (C=O) groups is 2. The monoisotopic (exact) mass is 402 g/mol. The van der Waals surface area contributed by atoms with Gasteiger partial charge in [-0.3, -0.25) is 9.59 Å². The van der Waals surface area contributed by atoms with Crippen LogP contribution in [-0.4, -0.2) is 32.3 Å². The van der Waals surface area contributed by atoms with Crippen molar-refractivity contribution in [2.45, 2.75) is 55.9 Å². The molecule has 1 heterocycles. The summed E-state index contributed by atoms with van der Waals surface area (Å²) in [6.07, 6.45) is -1.20. The van der Waals surface area contributed by atoms with E-state index < -0.39 is 46.7 Å². The largest absolute Gasteiger partial charge is 0.478 e. The molecule has 0 unspecified atom stereocenters. The molecule has 1 aliphatic carbocycles. The number of carbonyl (C=O) groups excluding carboxylic acids is 2. The van der Waals surface area contributed by atoms with E-state index in [0.29, 0.717) is 12.2 Å². The highest BCUT2D eigenvalue weighted by molar-refractivity contribution is 7.90. The maximum absolute atomic E-state index is 13.2. The maximum atomic E-state index is 13.2. The first-order valence-electron chi connectivity index (χ1n) is 8.67. The molecule has 0 bridgehead atoms. The molecule has 1 aliphatic heterocycles. The predicted octanol–water partition coefficient (Wildman–Crippen LogP) is 2.43. The average Bonchev–Trinajstić information content (AvgIpc) is 2.60. The Bertz CT molecular complexity index is 862. The lowest BCUT2D eigenvalue weighted by Gasteiger charge is -2.27. The third-order valence-corrected chi connectivity index (χ3v) is 6.12. The van der Waals surface area contributed by atoms with E-state index in [0.717, 1.165) is 0 Å². The van der Waals surface area contributed by atoms with Gasteiger partial charge in [-0.25, -0.2) is 21.9 Å². The van der Waals surface area contributed by atoms with Crippen molar-refractivity contribution in [3.05, 3.63) is 18.2 Å². The topological polar surface area (TPSA) is 102 Å². The normalized spacial score (nSPS) is 22.3. The van der Waals surface area contributed by atoms with Crippen molar-refractivity contribution in [1.29, 1.82) is 0 Å². The van der Waals surface area contributed by atoms with Crippen molar-refractivity contribution in [2.75, 3.05) is 5.32 Å². The minimum atomic E-state index is -4.20. The first-order chi connectivity index (χ1) is 12.6. The number of rotatable bonds is 4. The molecule has 1 atom stereocenters. The average molecular weight is 402 g/mol. The van der Waals surface area contributed by atoms with Gasteiger partial charge in [0.2, 0.25) is 11.8 Å². The molecule has 0 saturated heterocycles. The van der Waals surface area contributed by atoms with Crippen molar-refractivity contribution in [3.63, 3.8) is 0 Å². The summed E-state index contributed by atoms with van der Waals surface area (Å²) in [7, 11) is -4.20. The summed E-state index contributed by atoms with van der Waals surface area (Å²) in [4.78, 5) is 23.8. The lowest BCUT2D eigenvalue weighted by Crippen LogP contribution is -2.39. The van der Waals surface area contributed by atoms with Gasteiger partial charge in [0.1, 0.15) is 5.75 Å². The standard InChI is InChI=1S/C17H20F2N2O5S/c1-2-13-16(23)20-12-9-11(3-4-14(12)26-13)27(24,25)21-15(22)10-5-7-17(18,19)8-6-10/h3-4,9-10,13H,2,5-8H2,1H3,(H,20,23)(H,21,22)/t13-/m1/s1. The molecule has 2 amide bonds. The van der Waals surface area contributed by atoms with Crippen LogP contribution in [-0.2, 0) is 19.6 Å². The van der Waals surface area contributed by atoms with Crippen LogP contribution < -0.4 is 14.8 Å². The molecule has 2 N–H and O–H groups in total. The molecular weight excluding hydrogens is 382 g/mol. The van der Waals surface area contributed by atoms with E-state index in [4.69, 9.17) is 4.74 Å². The van der Waals surface area contributed by atoms with Gasteiger partial charge in [-0.15, -0.1) is 0 Å². The van der Waals surface area contributed by atoms with Crippen LogP contribution >= 0.6 is 0 Å². The number of benzene rings is 1. The van der Waals surface area contributed by atoms with Gasteiger partial charge >= 0.3 is 0 Å². The molecule has 3 rings (SSSR count). The Morgan fingerprint density at radius 3 is 2.63 bits per heavy atom. The number of hydrogen-bond acceptors (Lipinski definition) is 5. The van der Waals surface area contributed by atoms with Crippen LogP contribution in [0.5, 0.6) is 5.75 Å². The first kappa shape index (κ1) is 19.5. The van der Waals surface area contributed by atoms with Crippen LogP contribution in [0.1, 0.15) is 39.0 Å². The lowest BCUT2D eigenvalue weighted by atomic mass is 9.86. The molecule has 27 heavy (non-hydrogen) atoms. The van der Waals surface area contributed by atoms with Gasteiger partial charge < -0.3 is 10.1 Å². The van der Waals surface area contributed by atoms with Crippen LogP contribution in [0.25, 0.3) is 0 Å². The van der Waals surface area contributed by atoms with Gasteiger partial charge in [-0.05, 0) is 37.5 Å². The van der Waals surface area contributed by atoms with E-state index in [9.17, 15) is 26.8 Å². The molecule has 0 aromatic heterocycles. The number of ether oxygens (including phenoxy) is 1. The fourth-order valence-electron chi connectivity index (χ4n) is 3.14. The molecule has 10 heteroatoms. The lowest BCUT2D eigenvalue weighted by molar-refractivity contribution is -0.127. The molecule has 1 saturated carbocycles. The second-order valence-electron chi connectivity index (χ2n) is 6.76. The van der Waals surface area contributed by atoms with E-state index in [2.05, 4.69) is 5.32 Å². The molecule has 148 valence electrons. The quantitative estimate of drug-likeness (QED) is 0.805. The van der Waals surface area contributed by atoms with Gasteiger partial charge in [0.15, 0.2) is 6.10 Å². The fourth-order valence-corrected chi connectivity index (χ4v) is 4.21. The summed E-state index contributed by atoms with van der Waals surface area (Å²) >= 11 is 0. The highest BCUT2D eigenvalue weighted by Crippen LogP contribution is 2.36. The van der Waals surface area contributed by atoms with E-state index in [1.807, 2.05) is 4.72 Å². The smallest absolute Gasteiger partial charge is 0.265 e. The van der Waals surface area contributed by atoms with Crippen LogP contribution in [0.4, 0.5) is 14.5 Å². The van der Waals surface area contributed by atoms with Crippen LogP contribution in [0, 0.1) is 5.92 Å². The highest BCUT2D eigenvalue weighted by Gasteiger charge is 2.38. The number of sulfonamides is 1. The van der Waals surface area contributed by atoms with Gasteiger partial charge in [-0.2, -0.15) is 0 Å². The Labute approximate surface area is 155 Å². The number of halogens is 2. The SMILES string of the molecule is CC[C@H]1Oc2ccc(S(=O)(=O)NC(=O)C3CCC(F)(F)CC3)cc2NC1=O. The van der Waals surface area contributed by atoms with Crippen LogP contribution in [0.15, 0.2) is 23.1 Å². The van der Waals surface area contributed by atoms with Crippen molar-refractivity contribution < 1.29 is 31.5 Å². The van der Waals surface area contributed by atoms with Gasteiger partial charge in [0.25, 0.3) is 15.9 Å². The number of nitrogens with one attached hydrogen (secondary N) is 2. The third kappa shape index (κ3) is 4.20. The Kier molecular flexibility index (Phi) is 5.11. The summed E-state index contributed by atoms with van der Waals surface area (Å²) in [5, 5.41) is 2.57. The van der Waals surface area contributed by atoms with Gasteiger partial charge in [-0.1, -0.05) is 6.92 Å². The second kappa shape index (κ2) is 7.06. The van der Waals surface area contributed by atoms with E-state index >= 15 is 0 Å². The highest BCUT2D eigenvalue weighted by atomic mass is 32.2. The summed E-state index contributed by atoms with van der Waals surface area (Å²) < 4.78 is 58.8. The number of amides is 2. The molecule has 1 aromatic carbocycles. The Balaban J connectivity index is 1.73. The summed E-state index contributed by atoms with van der Waals surface area (Å²) in [5.41, 5.74) is 0.192. The Morgan fingerprint density at radius 2 is 2.00 bits per heavy atom. The van der Waals surface area contributed by atoms with E-state index in [1.165, 1.54) is 18.2 Å². The summed E-state index contributed by atoms with van der Waals surface area (Å²) in [5.74, 6) is -4.42. The molecule has 0 spiro atoms. The Hall–Kier alpha value is -2.23. The van der Waals surface area contributed by atoms with Crippen molar-refractivity contribution >= 4 is 27.5 Å². The van der Waals surface area contributed by atoms with Crippen molar-refractivity contribution in [1.82, 2.24) is 4.72 Å². The molecule has 1 fully saturated rings. The van der Waals surface area contributed by atoms with Crippen molar-refractivity contribution in [2.24, 2.45) is 5.92 Å². The van der Waals surface area contributed by atoms with Crippen LogP contribution in [0.3, 0.4) is 0 Å². The molecular formula is C17H20F2N2O5S. The summed E-state index contributed by atoms with van der Waals surface area (Å²) in [6, 6.07) is 3.86. The van der Waals surface area contributed by atoms with E-state index in [-0.39, 0.29) is 29.3 Å². The van der Waals surface area contributed by atoms with E-state index in [1.54, 1.807) is 6.92 Å². The molecule has 0 radical (unpaired) electrons. The zero-order valence-electron chi connectivity index (χ0n) is 14.6. The van der Waals surface area contributed by atoms with Gasteiger partial charge in [0.05, 0.1) is 10.6 Å².